The fourth-order valence-electron chi connectivity index (χ4n) is 3.18. The summed E-state index contributed by atoms with van der Waals surface area (Å²) in [7, 11) is 2.86. The van der Waals surface area contributed by atoms with E-state index in [1.165, 1.54) is 50.4 Å². The predicted molar refractivity (Wildman–Crippen MR) is 124 cm³/mol. The van der Waals surface area contributed by atoms with Gasteiger partial charge in [0.25, 0.3) is 5.91 Å². The van der Waals surface area contributed by atoms with Crippen LogP contribution in [0, 0.1) is 0 Å². The van der Waals surface area contributed by atoms with Crippen molar-refractivity contribution in [2.24, 2.45) is 0 Å². The lowest BCUT2D eigenvalue weighted by atomic mass is 10.1. The van der Waals surface area contributed by atoms with E-state index < -0.39 is 12.3 Å². The number of hydrogen-bond acceptors (Lipinski definition) is 8. The summed E-state index contributed by atoms with van der Waals surface area (Å²) in [5.74, 6) is -0.0696. The van der Waals surface area contributed by atoms with Crippen LogP contribution in [0.2, 0.25) is 0 Å². The van der Waals surface area contributed by atoms with Crippen LogP contribution in [0.4, 0.5) is 13.2 Å². The Balaban J connectivity index is 2.07. The average molecular weight is 519 g/mol. The number of ether oxygens (including phenoxy) is 4. The second-order valence-electron chi connectivity index (χ2n) is 7.37. The maximum atomic E-state index is 12.4. The number of nitrogens with zero attached hydrogens (tertiary/aromatic N) is 1. The molecule has 12 heteroatoms. The number of nitrogens with one attached hydrogen (secondary N) is 1. The lowest BCUT2D eigenvalue weighted by molar-refractivity contribution is -0.274. The number of amides is 1. The second-order valence-corrected chi connectivity index (χ2v) is 8.51. The van der Waals surface area contributed by atoms with Crippen LogP contribution in [-0.2, 0) is 0 Å². The SMILES string of the molecule is CCCN(CCC(C)Oc1ccc(OC(F)(F)F)cc1)Sc1ccc(OC)c(OC)c1C(=O)NO. The highest BCUT2D eigenvalue weighted by molar-refractivity contribution is 7.97. The van der Waals surface area contributed by atoms with E-state index >= 15 is 0 Å². The molecule has 0 saturated carbocycles. The number of rotatable bonds is 13. The highest BCUT2D eigenvalue weighted by Crippen LogP contribution is 2.39. The van der Waals surface area contributed by atoms with Crippen molar-refractivity contribution in [1.29, 1.82) is 0 Å². The van der Waals surface area contributed by atoms with Crippen LogP contribution in [0.25, 0.3) is 0 Å². The van der Waals surface area contributed by atoms with E-state index in [2.05, 4.69) is 9.04 Å². The molecule has 194 valence electrons. The molecular weight excluding hydrogens is 489 g/mol. The molecule has 2 aromatic rings. The third kappa shape index (κ3) is 8.71. The molecule has 2 N–H and O–H groups in total. The number of methoxy groups -OCH3 is 2. The Morgan fingerprint density at radius 1 is 1.09 bits per heavy atom. The van der Waals surface area contributed by atoms with Gasteiger partial charge in [-0.05, 0) is 68.1 Å². The molecule has 0 aliphatic heterocycles. The molecule has 0 fully saturated rings. The Morgan fingerprint density at radius 2 is 1.74 bits per heavy atom. The summed E-state index contributed by atoms with van der Waals surface area (Å²) < 4.78 is 59.3. The first-order valence-corrected chi connectivity index (χ1v) is 11.5. The predicted octanol–water partition coefficient (Wildman–Crippen LogP) is 5.30. The molecule has 0 bridgehead atoms. The van der Waals surface area contributed by atoms with Crippen LogP contribution in [0.1, 0.15) is 37.0 Å². The zero-order valence-electron chi connectivity index (χ0n) is 19.8. The minimum atomic E-state index is -4.75. The van der Waals surface area contributed by atoms with Crippen molar-refractivity contribution in [1.82, 2.24) is 9.79 Å². The molecule has 0 heterocycles. The molecule has 1 amide bonds. The number of carbonyl (C=O) groups is 1. The van der Waals surface area contributed by atoms with Crippen LogP contribution >= 0.6 is 11.9 Å². The second kappa shape index (κ2) is 13.3. The lowest BCUT2D eigenvalue weighted by Gasteiger charge is -2.24. The number of alkyl halides is 3. The summed E-state index contributed by atoms with van der Waals surface area (Å²) in [4.78, 5) is 12.9. The number of hydroxylamine groups is 1. The summed E-state index contributed by atoms with van der Waals surface area (Å²) in [6.45, 7) is 5.17. The van der Waals surface area contributed by atoms with Gasteiger partial charge in [0.15, 0.2) is 11.5 Å². The maximum Gasteiger partial charge on any atom is 0.573 e. The number of halogens is 3. The van der Waals surface area contributed by atoms with Gasteiger partial charge in [-0.1, -0.05) is 6.92 Å². The highest BCUT2D eigenvalue weighted by Gasteiger charge is 2.31. The summed E-state index contributed by atoms with van der Waals surface area (Å²) in [5.41, 5.74) is 1.79. The first-order chi connectivity index (χ1) is 16.6. The Labute approximate surface area is 206 Å². The van der Waals surface area contributed by atoms with E-state index in [0.717, 1.165) is 6.42 Å². The number of hydrogen-bond donors (Lipinski definition) is 2. The van der Waals surface area contributed by atoms with Crippen molar-refractivity contribution in [3.63, 3.8) is 0 Å². The Morgan fingerprint density at radius 3 is 2.29 bits per heavy atom. The average Bonchev–Trinajstić information content (AvgIpc) is 2.82. The van der Waals surface area contributed by atoms with Gasteiger partial charge in [-0.2, -0.15) is 0 Å². The number of benzene rings is 2. The van der Waals surface area contributed by atoms with Gasteiger partial charge in [0.2, 0.25) is 0 Å². The van der Waals surface area contributed by atoms with Gasteiger partial charge in [-0.3, -0.25) is 10.0 Å². The molecule has 2 aromatic carbocycles. The van der Waals surface area contributed by atoms with E-state index in [1.54, 1.807) is 17.6 Å². The molecule has 1 atom stereocenters. The molecule has 8 nitrogen and oxygen atoms in total. The van der Waals surface area contributed by atoms with Crippen LogP contribution < -0.4 is 24.4 Å². The lowest BCUT2D eigenvalue weighted by Crippen LogP contribution is -2.25. The van der Waals surface area contributed by atoms with E-state index in [1.807, 2.05) is 13.8 Å². The molecule has 1 unspecified atom stereocenters. The Bertz CT molecular complexity index is 960. The fraction of sp³-hybridized carbons (Fsp3) is 0.435. The maximum absolute atomic E-state index is 12.4. The molecule has 0 radical (unpaired) electrons. The minimum absolute atomic E-state index is 0.144. The van der Waals surface area contributed by atoms with Gasteiger partial charge in [-0.25, -0.2) is 9.79 Å². The van der Waals surface area contributed by atoms with Crippen LogP contribution in [0.3, 0.4) is 0 Å². The van der Waals surface area contributed by atoms with Gasteiger partial charge in [-0.15, -0.1) is 13.2 Å². The van der Waals surface area contributed by atoms with Gasteiger partial charge < -0.3 is 18.9 Å². The zero-order valence-corrected chi connectivity index (χ0v) is 20.7. The van der Waals surface area contributed by atoms with Crippen LogP contribution in [-0.4, -0.2) is 55.2 Å². The molecule has 35 heavy (non-hydrogen) atoms. The van der Waals surface area contributed by atoms with E-state index in [0.29, 0.717) is 35.9 Å². The molecule has 2 rings (SSSR count). The molecule has 0 spiro atoms. The van der Waals surface area contributed by atoms with Gasteiger partial charge in [0, 0.05) is 18.0 Å². The van der Waals surface area contributed by atoms with Crippen LogP contribution in [0.5, 0.6) is 23.0 Å². The van der Waals surface area contributed by atoms with Crippen molar-refractivity contribution in [2.75, 3.05) is 27.3 Å². The summed E-state index contributed by atoms with van der Waals surface area (Å²) in [5, 5.41) is 9.22. The van der Waals surface area contributed by atoms with Crippen molar-refractivity contribution in [3.05, 3.63) is 42.0 Å². The summed E-state index contributed by atoms with van der Waals surface area (Å²) >= 11 is 1.34. The third-order valence-electron chi connectivity index (χ3n) is 4.72. The molecule has 0 aliphatic rings. The number of carbonyl (C=O) groups excluding carboxylic acids is 1. The van der Waals surface area contributed by atoms with E-state index in [9.17, 15) is 23.2 Å². The van der Waals surface area contributed by atoms with E-state index in [4.69, 9.17) is 14.2 Å². The van der Waals surface area contributed by atoms with Crippen molar-refractivity contribution >= 4 is 17.9 Å². The Hall–Kier alpha value is -2.83. The molecule has 0 aromatic heterocycles. The van der Waals surface area contributed by atoms with Gasteiger partial charge >= 0.3 is 6.36 Å². The first kappa shape index (κ1) is 28.4. The largest absolute Gasteiger partial charge is 0.573 e. The smallest absolute Gasteiger partial charge is 0.493 e. The highest BCUT2D eigenvalue weighted by atomic mass is 32.2. The minimum Gasteiger partial charge on any atom is -0.493 e. The zero-order chi connectivity index (χ0) is 26.0. The van der Waals surface area contributed by atoms with Crippen molar-refractivity contribution in [2.45, 2.75) is 44.1 Å². The molecular formula is C23H29F3N2O6S. The fourth-order valence-corrected chi connectivity index (χ4v) is 4.34. The summed E-state index contributed by atoms with van der Waals surface area (Å²) in [6, 6.07) is 8.61. The molecule has 0 aliphatic carbocycles. The van der Waals surface area contributed by atoms with Gasteiger partial charge in [0.05, 0.1) is 20.3 Å². The van der Waals surface area contributed by atoms with E-state index in [-0.39, 0.29) is 23.2 Å². The normalized spacial score (nSPS) is 12.3. The first-order valence-electron chi connectivity index (χ1n) is 10.8. The monoisotopic (exact) mass is 518 g/mol. The van der Waals surface area contributed by atoms with Crippen molar-refractivity contribution in [3.8, 4) is 23.0 Å². The van der Waals surface area contributed by atoms with Crippen LogP contribution in [0.15, 0.2) is 41.3 Å². The third-order valence-corrected chi connectivity index (χ3v) is 5.88. The molecule has 0 saturated heterocycles. The quantitative estimate of drug-likeness (QED) is 0.210. The Kier molecular flexibility index (Phi) is 10.8. The van der Waals surface area contributed by atoms with Gasteiger partial charge in [0.1, 0.15) is 17.1 Å². The standard InChI is InChI=1S/C23H29F3N2O6S/c1-5-13-28(35-19-11-10-18(31-3)21(32-4)20(19)22(29)27-30)14-12-15(2)33-16-6-8-17(9-7-16)34-23(24,25)26/h6-11,15,30H,5,12-14H2,1-4H3,(H,27,29). The topological polar surface area (TPSA) is 89.5 Å². The van der Waals surface area contributed by atoms with Crippen molar-refractivity contribution < 1.29 is 42.1 Å². The summed E-state index contributed by atoms with van der Waals surface area (Å²) in [6.07, 6.45) is -3.54.